The fraction of sp³-hybridized carbons (Fsp3) is 0.176. The fourth-order valence-corrected chi connectivity index (χ4v) is 5.12. The summed E-state index contributed by atoms with van der Waals surface area (Å²) in [5.74, 6) is -0.679. The van der Waals surface area contributed by atoms with Gasteiger partial charge in [-0.15, -0.1) is 0 Å². The lowest BCUT2D eigenvalue weighted by molar-refractivity contribution is 0.440. The summed E-state index contributed by atoms with van der Waals surface area (Å²) < 4.78 is 0. The van der Waals surface area contributed by atoms with E-state index in [0.717, 1.165) is 33.9 Å². The van der Waals surface area contributed by atoms with Crippen molar-refractivity contribution >= 4 is 11.4 Å². The van der Waals surface area contributed by atoms with Gasteiger partial charge in [-0.2, -0.15) is 0 Å². The van der Waals surface area contributed by atoms with Gasteiger partial charge in [0.2, 0.25) is 0 Å². The van der Waals surface area contributed by atoms with Crippen LogP contribution in [0, 0.1) is 0 Å². The summed E-state index contributed by atoms with van der Waals surface area (Å²) in [5.41, 5.74) is 7.06. The minimum absolute atomic E-state index is 0.0105. The molecule has 5 rings (SSSR count). The van der Waals surface area contributed by atoms with Gasteiger partial charge in [-0.1, -0.05) is 36.4 Å². The molecular weight excluding hydrogens is 496 g/mol. The SMILES string of the molecule is CN(C)c1ccc(C(c2ccccn2)c2cc(C(c3ccc(N(C)C)cc3)c3ccccn3)c(O)cc2O)cc1. The van der Waals surface area contributed by atoms with Crippen molar-refractivity contribution < 1.29 is 10.2 Å². The van der Waals surface area contributed by atoms with Gasteiger partial charge in [0, 0.05) is 69.2 Å². The number of phenols is 2. The van der Waals surface area contributed by atoms with Crippen LogP contribution in [0.15, 0.2) is 109 Å². The van der Waals surface area contributed by atoms with Gasteiger partial charge >= 0.3 is 0 Å². The molecule has 0 saturated heterocycles. The Morgan fingerprint density at radius 1 is 0.525 bits per heavy atom. The van der Waals surface area contributed by atoms with Gasteiger partial charge in [0.05, 0.1) is 23.2 Å². The van der Waals surface area contributed by atoms with Crippen LogP contribution in [0.4, 0.5) is 11.4 Å². The summed E-state index contributed by atoms with van der Waals surface area (Å²) in [5, 5.41) is 22.5. The maximum Gasteiger partial charge on any atom is 0.123 e. The summed E-state index contributed by atoms with van der Waals surface area (Å²) in [6.45, 7) is 0. The predicted octanol–water partition coefficient (Wildman–Crippen LogP) is 6.38. The van der Waals surface area contributed by atoms with Crippen molar-refractivity contribution in [2.45, 2.75) is 11.8 Å². The molecule has 2 unspecified atom stereocenters. The molecule has 3 aromatic carbocycles. The van der Waals surface area contributed by atoms with E-state index in [-0.39, 0.29) is 23.3 Å². The van der Waals surface area contributed by atoms with Gasteiger partial charge < -0.3 is 20.0 Å². The Morgan fingerprint density at radius 2 is 0.925 bits per heavy atom. The molecule has 2 aromatic heterocycles. The second kappa shape index (κ2) is 11.5. The van der Waals surface area contributed by atoms with Crippen molar-refractivity contribution in [3.63, 3.8) is 0 Å². The molecule has 0 bridgehead atoms. The van der Waals surface area contributed by atoms with Crippen LogP contribution >= 0.6 is 0 Å². The third kappa shape index (κ3) is 5.47. The first-order valence-electron chi connectivity index (χ1n) is 13.3. The average molecular weight is 531 g/mol. The van der Waals surface area contributed by atoms with Crippen LogP contribution in [0.3, 0.4) is 0 Å². The molecule has 202 valence electrons. The summed E-state index contributed by atoms with van der Waals surface area (Å²) in [6.07, 6.45) is 3.52. The molecule has 0 aliphatic heterocycles. The van der Waals surface area contributed by atoms with Crippen molar-refractivity contribution in [3.8, 4) is 11.5 Å². The van der Waals surface area contributed by atoms with Crippen LogP contribution in [0.1, 0.15) is 45.5 Å². The minimum atomic E-state index is -0.350. The van der Waals surface area contributed by atoms with E-state index in [1.165, 1.54) is 6.07 Å². The Kier molecular flexibility index (Phi) is 7.69. The molecule has 0 radical (unpaired) electrons. The van der Waals surface area contributed by atoms with Crippen molar-refractivity contribution in [2.75, 3.05) is 38.0 Å². The molecule has 5 aromatic rings. The van der Waals surface area contributed by atoms with E-state index in [0.29, 0.717) is 11.1 Å². The maximum atomic E-state index is 11.3. The first kappa shape index (κ1) is 26.8. The van der Waals surface area contributed by atoms with Crippen LogP contribution in [-0.4, -0.2) is 48.4 Å². The zero-order valence-electron chi connectivity index (χ0n) is 23.2. The number of benzene rings is 3. The molecule has 0 aliphatic rings. The lowest BCUT2D eigenvalue weighted by Gasteiger charge is -2.24. The Morgan fingerprint density at radius 3 is 1.25 bits per heavy atom. The first-order chi connectivity index (χ1) is 19.3. The van der Waals surface area contributed by atoms with E-state index in [1.54, 1.807) is 12.4 Å². The first-order valence-corrected chi connectivity index (χ1v) is 13.3. The van der Waals surface area contributed by atoms with Gasteiger partial charge in [0.25, 0.3) is 0 Å². The molecule has 6 heteroatoms. The number of anilines is 2. The van der Waals surface area contributed by atoms with E-state index < -0.39 is 0 Å². The predicted molar refractivity (Wildman–Crippen MR) is 162 cm³/mol. The van der Waals surface area contributed by atoms with Crippen LogP contribution < -0.4 is 9.80 Å². The highest BCUT2D eigenvalue weighted by atomic mass is 16.3. The summed E-state index contributed by atoms with van der Waals surface area (Å²) in [4.78, 5) is 13.4. The van der Waals surface area contributed by atoms with Crippen molar-refractivity contribution in [2.24, 2.45) is 0 Å². The normalized spacial score (nSPS) is 12.5. The van der Waals surface area contributed by atoms with Crippen molar-refractivity contribution in [1.29, 1.82) is 0 Å². The molecule has 0 fully saturated rings. The zero-order chi connectivity index (χ0) is 28.2. The van der Waals surface area contributed by atoms with Gasteiger partial charge in [-0.05, 0) is 65.7 Å². The largest absolute Gasteiger partial charge is 0.507 e. The van der Waals surface area contributed by atoms with Crippen LogP contribution in [-0.2, 0) is 0 Å². The molecule has 0 saturated carbocycles. The number of hydrogen-bond acceptors (Lipinski definition) is 6. The number of pyridine rings is 2. The molecular formula is C34H34N4O2. The second-order valence-corrected chi connectivity index (χ2v) is 10.3. The quantitative estimate of drug-likeness (QED) is 0.243. The highest BCUT2D eigenvalue weighted by Crippen LogP contribution is 2.44. The summed E-state index contributed by atoms with van der Waals surface area (Å²) >= 11 is 0. The highest BCUT2D eigenvalue weighted by Gasteiger charge is 2.27. The number of phenolic OH excluding ortho intramolecular Hbond substituents is 2. The van der Waals surface area contributed by atoms with Crippen LogP contribution in [0.2, 0.25) is 0 Å². The number of hydrogen-bond donors (Lipinski definition) is 2. The topological polar surface area (TPSA) is 72.7 Å². The third-order valence-electron chi connectivity index (χ3n) is 7.25. The highest BCUT2D eigenvalue weighted by molar-refractivity contribution is 5.59. The van der Waals surface area contributed by atoms with Gasteiger partial charge in [0.15, 0.2) is 0 Å². The van der Waals surface area contributed by atoms with E-state index >= 15 is 0 Å². The molecule has 2 heterocycles. The average Bonchev–Trinajstić information content (AvgIpc) is 2.97. The molecule has 0 amide bonds. The lowest BCUT2D eigenvalue weighted by Crippen LogP contribution is -2.12. The smallest absolute Gasteiger partial charge is 0.123 e. The molecule has 40 heavy (non-hydrogen) atoms. The third-order valence-corrected chi connectivity index (χ3v) is 7.25. The number of rotatable bonds is 8. The second-order valence-electron chi connectivity index (χ2n) is 10.3. The minimum Gasteiger partial charge on any atom is -0.507 e. The molecule has 6 nitrogen and oxygen atoms in total. The number of aromatic nitrogens is 2. The van der Waals surface area contributed by atoms with Crippen LogP contribution in [0.5, 0.6) is 11.5 Å². The van der Waals surface area contributed by atoms with Crippen molar-refractivity contribution in [3.05, 3.63) is 143 Å². The van der Waals surface area contributed by atoms with E-state index in [1.807, 2.05) is 70.7 Å². The Balaban J connectivity index is 1.70. The Hall–Kier alpha value is -4.84. The van der Waals surface area contributed by atoms with E-state index in [9.17, 15) is 10.2 Å². The summed E-state index contributed by atoms with van der Waals surface area (Å²) in [6, 6.07) is 31.5. The fourth-order valence-electron chi connectivity index (χ4n) is 5.12. The number of nitrogens with zero attached hydrogens (tertiary/aromatic N) is 4. The molecule has 0 aliphatic carbocycles. The monoisotopic (exact) mass is 530 g/mol. The van der Waals surface area contributed by atoms with E-state index in [2.05, 4.69) is 68.3 Å². The maximum absolute atomic E-state index is 11.3. The standard InChI is InChI=1S/C34H34N4O2/c1-37(2)25-15-11-23(12-16-25)33(29-9-5-7-19-35-29)27-21-28(32(40)22-31(27)39)34(30-10-6-8-20-36-30)24-13-17-26(18-14-24)38(3)4/h5-22,33-34,39-40H,1-4H3. The summed E-state index contributed by atoms with van der Waals surface area (Å²) in [7, 11) is 8.02. The Labute approximate surface area is 235 Å². The number of aromatic hydroxyl groups is 2. The van der Waals surface area contributed by atoms with E-state index in [4.69, 9.17) is 0 Å². The van der Waals surface area contributed by atoms with Crippen LogP contribution in [0.25, 0.3) is 0 Å². The van der Waals surface area contributed by atoms with Gasteiger partial charge in [-0.25, -0.2) is 0 Å². The molecule has 0 spiro atoms. The molecule has 2 N–H and O–H groups in total. The van der Waals surface area contributed by atoms with Crippen molar-refractivity contribution in [1.82, 2.24) is 9.97 Å². The molecule has 2 atom stereocenters. The Bertz CT molecular complexity index is 1440. The zero-order valence-corrected chi connectivity index (χ0v) is 23.2. The lowest BCUT2D eigenvalue weighted by atomic mass is 9.82. The van der Waals surface area contributed by atoms with Gasteiger partial charge in [-0.3, -0.25) is 9.97 Å². The van der Waals surface area contributed by atoms with Gasteiger partial charge in [0.1, 0.15) is 11.5 Å².